The van der Waals surface area contributed by atoms with Gasteiger partial charge in [0.25, 0.3) is 0 Å². The minimum atomic E-state index is -1.96. The van der Waals surface area contributed by atoms with Crippen molar-refractivity contribution >= 4 is 8.32 Å². The SMILES string of the molecule is COC1=CC(OCc2ccccc2)=CC(O)C1=CO[Si](C)(C)C(C)(C)C. The maximum absolute atomic E-state index is 10.5. The number of ether oxygens (including phenoxy) is 2. The number of benzene rings is 1. The highest BCUT2D eigenvalue weighted by molar-refractivity contribution is 6.74. The lowest BCUT2D eigenvalue weighted by molar-refractivity contribution is 0.180. The first kappa shape index (κ1) is 20.3. The molecule has 1 N–H and O–H groups in total. The molecule has 142 valence electrons. The van der Waals surface area contributed by atoms with Crippen LogP contribution in [-0.2, 0) is 20.5 Å². The molecule has 2 rings (SSSR count). The Morgan fingerprint density at radius 1 is 1.15 bits per heavy atom. The average molecular weight is 375 g/mol. The molecule has 1 aliphatic carbocycles. The molecule has 1 unspecified atom stereocenters. The second-order valence-electron chi connectivity index (χ2n) is 7.95. The van der Waals surface area contributed by atoms with Crippen LogP contribution in [0.25, 0.3) is 0 Å². The Morgan fingerprint density at radius 2 is 1.81 bits per heavy atom. The first-order valence-electron chi connectivity index (χ1n) is 8.84. The zero-order valence-corrected chi connectivity index (χ0v) is 17.6. The van der Waals surface area contributed by atoms with Gasteiger partial charge in [-0.1, -0.05) is 51.1 Å². The lowest BCUT2D eigenvalue weighted by Gasteiger charge is -2.35. The van der Waals surface area contributed by atoms with Gasteiger partial charge in [-0.05, 0) is 29.8 Å². The summed E-state index contributed by atoms with van der Waals surface area (Å²) in [6, 6.07) is 9.91. The molecule has 0 heterocycles. The molecule has 1 aromatic carbocycles. The Bertz CT molecular complexity index is 696. The van der Waals surface area contributed by atoms with E-state index in [1.807, 2.05) is 30.3 Å². The lowest BCUT2D eigenvalue weighted by Crippen LogP contribution is -2.39. The van der Waals surface area contributed by atoms with Gasteiger partial charge in [0, 0.05) is 6.08 Å². The average Bonchev–Trinajstić information content (AvgIpc) is 2.58. The monoisotopic (exact) mass is 374 g/mol. The number of rotatable bonds is 6. The first-order valence-corrected chi connectivity index (χ1v) is 11.8. The van der Waals surface area contributed by atoms with Crippen molar-refractivity contribution in [1.29, 1.82) is 0 Å². The molecule has 26 heavy (non-hydrogen) atoms. The summed E-state index contributed by atoms with van der Waals surface area (Å²) in [4.78, 5) is 0. The molecule has 1 atom stereocenters. The maximum Gasteiger partial charge on any atom is 0.249 e. The molecule has 0 amide bonds. The van der Waals surface area contributed by atoms with Crippen LogP contribution < -0.4 is 0 Å². The van der Waals surface area contributed by atoms with Crippen LogP contribution in [-0.4, -0.2) is 26.6 Å². The van der Waals surface area contributed by atoms with Crippen molar-refractivity contribution in [3.8, 4) is 0 Å². The summed E-state index contributed by atoms with van der Waals surface area (Å²) < 4.78 is 17.4. The highest BCUT2D eigenvalue weighted by atomic mass is 28.4. The third-order valence-electron chi connectivity index (χ3n) is 4.95. The van der Waals surface area contributed by atoms with Crippen LogP contribution in [0, 0.1) is 0 Å². The predicted molar refractivity (Wildman–Crippen MR) is 107 cm³/mol. The highest BCUT2D eigenvalue weighted by Crippen LogP contribution is 2.37. The molecule has 1 aromatic rings. The van der Waals surface area contributed by atoms with E-state index in [0.717, 1.165) is 5.56 Å². The fourth-order valence-electron chi connectivity index (χ4n) is 2.17. The smallest absolute Gasteiger partial charge is 0.249 e. The Morgan fingerprint density at radius 3 is 2.38 bits per heavy atom. The molecule has 4 nitrogen and oxygen atoms in total. The zero-order valence-electron chi connectivity index (χ0n) is 16.6. The molecular weight excluding hydrogens is 344 g/mol. The van der Waals surface area contributed by atoms with Crippen molar-refractivity contribution in [3.63, 3.8) is 0 Å². The summed E-state index contributed by atoms with van der Waals surface area (Å²) in [5.74, 6) is 1.14. The molecular formula is C21H30O4Si. The fraction of sp³-hybridized carbons (Fsp3) is 0.429. The van der Waals surface area contributed by atoms with Crippen molar-refractivity contribution in [1.82, 2.24) is 0 Å². The van der Waals surface area contributed by atoms with Gasteiger partial charge in [-0.25, -0.2) is 0 Å². The number of allylic oxidation sites excluding steroid dienone is 1. The number of methoxy groups -OCH3 is 1. The fourth-order valence-corrected chi connectivity index (χ4v) is 2.95. The third kappa shape index (κ3) is 5.02. The minimum Gasteiger partial charge on any atom is -0.548 e. The van der Waals surface area contributed by atoms with Gasteiger partial charge >= 0.3 is 0 Å². The standard InChI is InChI=1S/C21H30O4Si/c1-21(2,3)26(5,6)25-15-18-19(22)12-17(13-20(18)23-4)24-14-16-10-8-7-9-11-16/h7-13,15,19,22H,14H2,1-6H3. The van der Waals surface area contributed by atoms with Crippen molar-refractivity contribution in [2.75, 3.05) is 7.11 Å². The van der Waals surface area contributed by atoms with Crippen molar-refractivity contribution in [3.05, 3.63) is 71.4 Å². The molecule has 1 aliphatic rings. The minimum absolute atomic E-state index is 0.0838. The largest absolute Gasteiger partial charge is 0.548 e. The first-order chi connectivity index (χ1) is 12.1. The van der Waals surface area contributed by atoms with Gasteiger partial charge in [0.05, 0.1) is 18.9 Å². The van der Waals surface area contributed by atoms with Gasteiger partial charge in [-0.2, -0.15) is 0 Å². The van der Waals surface area contributed by atoms with Crippen molar-refractivity contribution in [2.45, 2.75) is 51.6 Å². The van der Waals surface area contributed by atoms with E-state index in [2.05, 4.69) is 33.9 Å². The Labute approximate surface area is 157 Å². The Balaban J connectivity index is 2.12. The van der Waals surface area contributed by atoms with Gasteiger partial charge in [0.1, 0.15) is 24.2 Å². The van der Waals surface area contributed by atoms with Crippen LogP contribution in [0.3, 0.4) is 0 Å². The normalized spacial score (nSPS) is 19.7. The van der Waals surface area contributed by atoms with Gasteiger partial charge in [0.2, 0.25) is 8.32 Å². The van der Waals surface area contributed by atoms with Crippen LogP contribution in [0.1, 0.15) is 26.3 Å². The molecule has 0 saturated carbocycles. The number of hydrogen-bond donors (Lipinski definition) is 1. The molecule has 0 saturated heterocycles. The maximum atomic E-state index is 10.5. The summed E-state index contributed by atoms with van der Waals surface area (Å²) in [6.45, 7) is 11.3. The van der Waals surface area contributed by atoms with Gasteiger partial charge in [0.15, 0.2) is 0 Å². The highest BCUT2D eigenvalue weighted by Gasteiger charge is 2.38. The van der Waals surface area contributed by atoms with Gasteiger partial charge in [-0.3, -0.25) is 0 Å². The van der Waals surface area contributed by atoms with Gasteiger partial charge in [-0.15, -0.1) is 0 Å². The Hall–Kier alpha value is -1.98. The summed E-state index contributed by atoms with van der Waals surface area (Å²) in [7, 11) is -0.377. The van der Waals surface area contributed by atoms with E-state index < -0.39 is 14.4 Å². The van der Waals surface area contributed by atoms with Crippen molar-refractivity contribution in [2.24, 2.45) is 0 Å². The molecule has 0 bridgehead atoms. The van der Waals surface area contributed by atoms with Crippen molar-refractivity contribution < 1.29 is 19.0 Å². The van der Waals surface area contributed by atoms with E-state index in [0.29, 0.717) is 23.7 Å². The van der Waals surface area contributed by atoms with Crippen LogP contribution in [0.15, 0.2) is 65.8 Å². The van der Waals surface area contributed by atoms with E-state index in [1.54, 1.807) is 25.5 Å². The lowest BCUT2D eigenvalue weighted by atomic mass is 10.0. The number of aliphatic hydroxyl groups is 1. The van der Waals surface area contributed by atoms with E-state index in [9.17, 15) is 5.11 Å². The third-order valence-corrected chi connectivity index (χ3v) is 9.27. The van der Waals surface area contributed by atoms with Gasteiger partial charge < -0.3 is 19.0 Å². The zero-order chi connectivity index (χ0) is 19.4. The molecule has 5 heteroatoms. The van der Waals surface area contributed by atoms with Crippen LogP contribution in [0.2, 0.25) is 18.1 Å². The van der Waals surface area contributed by atoms with E-state index in [4.69, 9.17) is 13.9 Å². The molecule has 0 spiro atoms. The molecule has 0 fully saturated rings. The summed E-state index contributed by atoms with van der Waals surface area (Å²) in [5, 5.41) is 10.6. The van der Waals surface area contributed by atoms with E-state index >= 15 is 0 Å². The van der Waals surface area contributed by atoms with Crippen LogP contribution >= 0.6 is 0 Å². The molecule has 0 aromatic heterocycles. The molecule has 0 radical (unpaired) electrons. The quantitative estimate of drug-likeness (QED) is 0.568. The molecule has 0 aliphatic heterocycles. The van der Waals surface area contributed by atoms with E-state index in [1.165, 1.54) is 0 Å². The predicted octanol–water partition coefficient (Wildman–Crippen LogP) is 4.90. The topological polar surface area (TPSA) is 47.9 Å². The second kappa shape index (κ2) is 8.14. The Kier molecular flexibility index (Phi) is 6.37. The van der Waals surface area contributed by atoms with Crippen LogP contribution in [0.5, 0.6) is 0 Å². The summed E-state index contributed by atoms with van der Waals surface area (Å²) in [5.41, 5.74) is 1.68. The number of aliphatic hydroxyl groups excluding tert-OH is 1. The second-order valence-corrected chi connectivity index (χ2v) is 12.7. The summed E-state index contributed by atoms with van der Waals surface area (Å²) in [6.07, 6.45) is 4.29. The number of hydrogen-bond acceptors (Lipinski definition) is 4. The van der Waals surface area contributed by atoms with E-state index in [-0.39, 0.29) is 5.04 Å². The summed E-state index contributed by atoms with van der Waals surface area (Å²) >= 11 is 0. The van der Waals surface area contributed by atoms with Crippen LogP contribution in [0.4, 0.5) is 0 Å².